The summed E-state index contributed by atoms with van der Waals surface area (Å²) in [6.07, 6.45) is 1.75. The van der Waals surface area contributed by atoms with Crippen LogP contribution in [-0.2, 0) is 9.59 Å². The average molecular weight is 600 g/mol. The number of ketones is 1. The molecule has 5 rings (SSSR count). The van der Waals surface area contributed by atoms with Crippen LogP contribution in [-0.4, -0.2) is 58.1 Å². The topological polar surface area (TPSA) is 153 Å². The van der Waals surface area contributed by atoms with Gasteiger partial charge in [-0.3, -0.25) is 29.3 Å². The van der Waals surface area contributed by atoms with Crippen LogP contribution in [0.4, 0.5) is 5.69 Å². The molecule has 3 atom stereocenters. The zero-order valence-corrected chi connectivity index (χ0v) is 24.0. The molecule has 44 heavy (non-hydrogen) atoms. The molecule has 3 aromatic carbocycles. The number of nitrogens with zero attached hydrogens (tertiary/aromatic N) is 3. The van der Waals surface area contributed by atoms with Gasteiger partial charge in [-0.25, -0.2) is 9.80 Å². The number of amides is 3. The summed E-state index contributed by atoms with van der Waals surface area (Å²) in [5.41, 5.74) is 0.120. The Bertz CT molecular complexity index is 1640. The highest BCUT2D eigenvalue weighted by atomic mass is 16.6. The molecule has 0 spiro atoms. The van der Waals surface area contributed by atoms with Crippen molar-refractivity contribution in [1.82, 2.24) is 10.0 Å². The Morgan fingerprint density at radius 2 is 1.55 bits per heavy atom. The first-order valence-corrected chi connectivity index (χ1v) is 14.0. The Labute approximate surface area is 252 Å². The number of esters is 1. The number of nitro benzene ring substituents is 1. The lowest BCUT2D eigenvalue weighted by Gasteiger charge is -2.30. The van der Waals surface area contributed by atoms with Gasteiger partial charge in [0.15, 0.2) is 5.78 Å². The minimum Gasteiger partial charge on any atom is -0.497 e. The summed E-state index contributed by atoms with van der Waals surface area (Å²) in [7, 11) is 1.48. The molecule has 2 fully saturated rings. The number of carbonyl (C=O) groups is 5. The number of hydrazine groups is 1. The van der Waals surface area contributed by atoms with Crippen LogP contribution in [0.5, 0.6) is 11.5 Å². The summed E-state index contributed by atoms with van der Waals surface area (Å²) in [5.74, 6) is -3.45. The van der Waals surface area contributed by atoms with E-state index in [2.05, 4.69) is 0 Å². The van der Waals surface area contributed by atoms with E-state index in [0.717, 1.165) is 28.6 Å². The third-order valence-corrected chi connectivity index (χ3v) is 7.95. The number of imide groups is 1. The first-order valence-electron chi connectivity index (χ1n) is 14.0. The Balaban J connectivity index is 1.38. The first kappa shape index (κ1) is 30.1. The zero-order chi connectivity index (χ0) is 31.5. The number of Topliss-reactive ketones (excluding diaryl/α,β-unsaturated/α-hetero) is 1. The van der Waals surface area contributed by atoms with E-state index in [9.17, 15) is 34.1 Å². The van der Waals surface area contributed by atoms with E-state index in [1.54, 1.807) is 18.2 Å². The van der Waals surface area contributed by atoms with Crippen molar-refractivity contribution < 1.29 is 38.4 Å². The van der Waals surface area contributed by atoms with Crippen molar-refractivity contribution in [3.05, 3.63) is 99.6 Å². The van der Waals surface area contributed by atoms with Crippen LogP contribution in [0.2, 0.25) is 0 Å². The number of hydrogen-bond donors (Lipinski definition) is 0. The van der Waals surface area contributed by atoms with Gasteiger partial charge in [0.1, 0.15) is 18.0 Å². The number of nitro groups is 1. The molecule has 1 saturated heterocycles. The molecule has 0 bridgehead atoms. The van der Waals surface area contributed by atoms with Gasteiger partial charge in [-0.1, -0.05) is 13.0 Å². The lowest BCUT2D eigenvalue weighted by Crippen LogP contribution is -2.52. The summed E-state index contributed by atoms with van der Waals surface area (Å²) in [5, 5.41) is 12.7. The van der Waals surface area contributed by atoms with Crippen molar-refractivity contribution in [3.8, 4) is 11.5 Å². The van der Waals surface area contributed by atoms with Crippen LogP contribution in [0, 0.1) is 27.9 Å². The summed E-state index contributed by atoms with van der Waals surface area (Å²) in [6.45, 7) is 1.35. The fourth-order valence-corrected chi connectivity index (χ4v) is 5.57. The van der Waals surface area contributed by atoms with Crippen molar-refractivity contribution >= 4 is 35.2 Å². The number of fused-ring (bicyclic) bond motifs is 1. The Morgan fingerprint density at radius 3 is 2.20 bits per heavy atom. The fraction of sp³-hybridized carbons (Fsp3) is 0.281. The van der Waals surface area contributed by atoms with E-state index in [4.69, 9.17) is 9.47 Å². The summed E-state index contributed by atoms with van der Waals surface area (Å²) >= 11 is 0. The molecule has 12 heteroatoms. The predicted molar refractivity (Wildman–Crippen MR) is 155 cm³/mol. The summed E-state index contributed by atoms with van der Waals surface area (Å²) < 4.78 is 10.5. The molecule has 0 N–H and O–H groups in total. The van der Waals surface area contributed by atoms with Gasteiger partial charge < -0.3 is 9.47 Å². The number of rotatable bonds is 9. The molecule has 1 saturated carbocycles. The van der Waals surface area contributed by atoms with E-state index in [1.165, 1.54) is 49.6 Å². The van der Waals surface area contributed by atoms with Crippen LogP contribution >= 0.6 is 0 Å². The monoisotopic (exact) mass is 599 g/mol. The molecule has 3 aromatic rings. The minimum atomic E-state index is -0.828. The second-order valence-corrected chi connectivity index (χ2v) is 10.9. The van der Waals surface area contributed by atoms with Crippen LogP contribution in [0.3, 0.4) is 0 Å². The van der Waals surface area contributed by atoms with Gasteiger partial charge in [-0.2, -0.15) is 5.01 Å². The van der Waals surface area contributed by atoms with Gasteiger partial charge in [0.2, 0.25) is 0 Å². The molecular formula is C32H29N3O9. The molecular weight excluding hydrogens is 570 g/mol. The highest BCUT2D eigenvalue weighted by Crippen LogP contribution is 2.41. The number of carbonyl (C=O) groups excluding carboxylic acids is 5. The Hall–Kier alpha value is -5.39. The lowest BCUT2D eigenvalue weighted by atomic mass is 9.76. The molecule has 12 nitrogen and oxygen atoms in total. The maximum absolute atomic E-state index is 13.7. The van der Waals surface area contributed by atoms with E-state index < -0.39 is 52.8 Å². The van der Waals surface area contributed by atoms with Crippen molar-refractivity contribution in [2.75, 3.05) is 13.7 Å². The average Bonchev–Trinajstić information content (AvgIpc) is 3.27. The highest BCUT2D eigenvalue weighted by molar-refractivity contribution is 6.09. The molecule has 0 radical (unpaired) electrons. The maximum Gasteiger partial charge on any atom is 0.343 e. The van der Waals surface area contributed by atoms with E-state index in [1.807, 2.05) is 6.92 Å². The Morgan fingerprint density at radius 1 is 0.886 bits per heavy atom. The van der Waals surface area contributed by atoms with Gasteiger partial charge in [-0.15, -0.1) is 0 Å². The second kappa shape index (κ2) is 12.5. The van der Waals surface area contributed by atoms with Crippen LogP contribution in [0.1, 0.15) is 57.3 Å². The van der Waals surface area contributed by atoms with Gasteiger partial charge in [0, 0.05) is 23.3 Å². The molecule has 0 aromatic heterocycles. The summed E-state index contributed by atoms with van der Waals surface area (Å²) in [6, 6.07) is 16.7. The SMILES string of the molecule is COc1cccc(C(=O)Oc2ccc(C(=O)CN(C(=O)c3ccc([N+](=O)[O-])cc3)N3C(=O)[C@H]4C[C@H](C)CC[C@H]4C3=O)cc2)c1. The molecule has 0 unspecified atom stereocenters. The minimum absolute atomic E-state index is 0.0351. The van der Waals surface area contributed by atoms with Crippen LogP contribution in [0.25, 0.3) is 0 Å². The van der Waals surface area contributed by atoms with Crippen LogP contribution in [0.15, 0.2) is 72.8 Å². The predicted octanol–water partition coefficient (Wildman–Crippen LogP) is 4.48. The van der Waals surface area contributed by atoms with E-state index >= 15 is 0 Å². The third kappa shape index (κ3) is 6.05. The quantitative estimate of drug-likeness (QED) is 0.0865. The number of ether oxygens (including phenoxy) is 2. The highest BCUT2D eigenvalue weighted by Gasteiger charge is 2.52. The normalized spacial score (nSPS) is 19.2. The number of hydrogen-bond acceptors (Lipinski definition) is 9. The van der Waals surface area contributed by atoms with Gasteiger partial charge in [0.05, 0.1) is 29.4 Å². The first-order chi connectivity index (χ1) is 21.1. The maximum atomic E-state index is 13.7. The Kier molecular flexibility index (Phi) is 8.52. The van der Waals surface area contributed by atoms with Crippen molar-refractivity contribution in [1.29, 1.82) is 0 Å². The number of benzene rings is 3. The van der Waals surface area contributed by atoms with E-state index in [0.29, 0.717) is 18.6 Å². The van der Waals surface area contributed by atoms with Crippen LogP contribution < -0.4 is 9.47 Å². The third-order valence-electron chi connectivity index (χ3n) is 7.95. The number of non-ortho nitro benzene ring substituents is 1. The molecule has 226 valence electrons. The smallest absolute Gasteiger partial charge is 0.343 e. The molecule has 1 aliphatic heterocycles. The molecule has 1 heterocycles. The van der Waals surface area contributed by atoms with E-state index in [-0.39, 0.29) is 34.0 Å². The van der Waals surface area contributed by atoms with Crippen molar-refractivity contribution in [2.24, 2.45) is 17.8 Å². The fourth-order valence-electron chi connectivity index (χ4n) is 5.57. The summed E-state index contributed by atoms with van der Waals surface area (Å²) in [4.78, 5) is 77.1. The molecule has 3 amide bonds. The zero-order valence-electron chi connectivity index (χ0n) is 24.0. The molecule has 2 aliphatic rings. The van der Waals surface area contributed by atoms with Crippen molar-refractivity contribution in [3.63, 3.8) is 0 Å². The van der Waals surface area contributed by atoms with Gasteiger partial charge in [0.25, 0.3) is 23.4 Å². The standard InChI is InChI=1S/C32H29N3O9/c1-19-6-15-26-27(16-19)31(39)34(30(26)38)33(29(37)21-7-11-23(12-8-21)35(41)42)18-28(36)20-9-13-24(14-10-20)44-32(40)22-4-3-5-25(17-22)43-2/h3-5,7-14,17,19,26-27H,6,15-16,18H2,1-2H3/t19-,26-,27+/m1/s1. The lowest BCUT2D eigenvalue weighted by molar-refractivity contribution is -0.384. The molecule has 1 aliphatic carbocycles. The number of methoxy groups -OCH3 is 1. The largest absolute Gasteiger partial charge is 0.497 e. The van der Waals surface area contributed by atoms with Gasteiger partial charge in [-0.05, 0) is 79.8 Å². The van der Waals surface area contributed by atoms with Gasteiger partial charge >= 0.3 is 5.97 Å². The van der Waals surface area contributed by atoms with Crippen molar-refractivity contribution in [2.45, 2.75) is 26.2 Å². The second-order valence-electron chi connectivity index (χ2n) is 10.9.